The van der Waals surface area contributed by atoms with Crippen LogP contribution in [0.25, 0.3) is 0 Å². The summed E-state index contributed by atoms with van der Waals surface area (Å²) in [5.74, 6) is -16.3. The first-order chi connectivity index (χ1) is 11.0. The summed E-state index contributed by atoms with van der Waals surface area (Å²) in [5.41, 5.74) is -3.52. The fourth-order valence-corrected chi connectivity index (χ4v) is 1.46. The van der Waals surface area contributed by atoms with Gasteiger partial charge >= 0.3 is 30.2 Å². The van der Waals surface area contributed by atoms with Crippen LogP contribution in [0.15, 0.2) is 18.2 Å². The summed E-state index contributed by atoms with van der Waals surface area (Å²) in [5, 5.41) is 0. The molecule has 1 rings (SSSR count). The average molecular weight is 390 g/mol. The number of alkyl halides is 10. The van der Waals surface area contributed by atoms with Gasteiger partial charge in [0.2, 0.25) is 0 Å². The van der Waals surface area contributed by atoms with E-state index in [1.807, 2.05) is 0 Å². The molecule has 0 aliphatic heterocycles. The van der Waals surface area contributed by atoms with Crippen LogP contribution in [0.4, 0.5) is 48.3 Å². The molecule has 0 aliphatic rings. The molecule has 0 heterocycles. The van der Waals surface area contributed by atoms with Gasteiger partial charge in [-0.25, -0.2) is 9.18 Å². The van der Waals surface area contributed by atoms with Crippen molar-refractivity contribution in [2.24, 2.45) is 0 Å². The lowest BCUT2D eigenvalue weighted by Crippen LogP contribution is -2.54. The van der Waals surface area contributed by atoms with E-state index in [4.69, 9.17) is 0 Å². The lowest BCUT2D eigenvalue weighted by molar-refractivity contribution is -0.359. The summed E-state index contributed by atoms with van der Waals surface area (Å²) in [4.78, 5) is 11.3. The van der Waals surface area contributed by atoms with Crippen LogP contribution < -0.4 is 0 Å². The maximum absolute atomic E-state index is 12.9. The Hall–Kier alpha value is -2.08. The molecule has 0 unspecified atom stereocenters. The van der Waals surface area contributed by atoms with E-state index in [1.54, 1.807) is 0 Å². The molecule has 0 radical (unpaired) electrons. The van der Waals surface area contributed by atoms with Gasteiger partial charge in [-0.15, -0.1) is 0 Å². The van der Waals surface area contributed by atoms with E-state index in [-0.39, 0.29) is 12.1 Å². The van der Waals surface area contributed by atoms with Crippen LogP contribution >= 0.6 is 0 Å². The minimum atomic E-state index is -6.70. The standard InChI is InChI=1S/C12H5F11O2/c13-5-1-2-6(7(3-5)10(16,17)18)8(24)25-4-9(14,15)11(19,20)12(21,22)23/h1-3H,4H2. The van der Waals surface area contributed by atoms with Crippen molar-refractivity contribution in [1.29, 1.82) is 0 Å². The molecule has 0 N–H and O–H groups in total. The zero-order valence-electron chi connectivity index (χ0n) is 11.4. The fraction of sp³-hybridized carbons (Fsp3) is 0.417. The number of benzene rings is 1. The highest BCUT2D eigenvalue weighted by Gasteiger charge is 2.73. The third-order valence-electron chi connectivity index (χ3n) is 2.71. The predicted octanol–water partition coefficient (Wildman–Crippen LogP) is 4.83. The van der Waals surface area contributed by atoms with Crippen molar-refractivity contribution in [3.63, 3.8) is 0 Å². The summed E-state index contributed by atoms with van der Waals surface area (Å²) >= 11 is 0. The maximum Gasteiger partial charge on any atom is 0.460 e. The highest BCUT2D eigenvalue weighted by molar-refractivity contribution is 5.91. The van der Waals surface area contributed by atoms with Crippen LogP contribution in [0.5, 0.6) is 0 Å². The van der Waals surface area contributed by atoms with Gasteiger partial charge in [-0.2, -0.15) is 43.9 Å². The van der Waals surface area contributed by atoms with Crippen LogP contribution in [0.3, 0.4) is 0 Å². The summed E-state index contributed by atoms with van der Waals surface area (Å²) in [6.45, 7) is -2.85. The third-order valence-corrected chi connectivity index (χ3v) is 2.71. The molecule has 0 spiro atoms. The van der Waals surface area contributed by atoms with E-state index in [1.165, 1.54) is 0 Å². The lowest BCUT2D eigenvalue weighted by Gasteiger charge is -2.27. The van der Waals surface area contributed by atoms with Gasteiger partial charge in [0.15, 0.2) is 6.61 Å². The SMILES string of the molecule is O=C(OCC(F)(F)C(F)(F)C(F)(F)F)c1ccc(F)cc1C(F)(F)F. The summed E-state index contributed by atoms with van der Waals surface area (Å²) in [6, 6.07) is 0.244. The van der Waals surface area contributed by atoms with Gasteiger partial charge in [0.05, 0.1) is 11.1 Å². The summed E-state index contributed by atoms with van der Waals surface area (Å²) in [7, 11) is 0. The molecule has 2 nitrogen and oxygen atoms in total. The minimum Gasteiger partial charge on any atom is -0.455 e. The Kier molecular flexibility index (Phi) is 5.31. The second kappa shape index (κ2) is 6.33. The number of ether oxygens (including phenoxy) is 1. The quantitative estimate of drug-likeness (QED) is 0.544. The van der Waals surface area contributed by atoms with E-state index < -0.39 is 53.7 Å². The summed E-state index contributed by atoms with van der Waals surface area (Å²) in [6.07, 6.45) is -12.1. The Morgan fingerprint density at radius 3 is 1.88 bits per heavy atom. The molecule has 142 valence electrons. The molecule has 1 aromatic rings. The normalized spacial score (nSPS) is 13.7. The second-order valence-electron chi connectivity index (χ2n) is 4.54. The fourth-order valence-electron chi connectivity index (χ4n) is 1.46. The number of esters is 1. The van der Waals surface area contributed by atoms with Crippen molar-refractivity contribution in [3.05, 3.63) is 35.1 Å². The van der Waals surface area contributed by atoms with Gasteiger partial charge in [0.1, 0.15) is 5.82 Å². The van der Waals surface area contributed by atoms with Crippen LogP contribution in [-0.4, -0.2) is 30.6 Å². The molecule has 0 saturated heterocycles. The molecule has 0 fully saturated rings. The smallest absolute Gasteiger partial charge is 0.455 e. The van der Waals surface area contributed by atoms with Crippen molar-refractivity contribution in [3.8, 4) is 0 Å². The molecular weight excluding hydrogens is 385 g/mol. The molecule has 0 bridgehead atoms. The van der Waals surface area contributed by atoms with E-state index in [2.05, 4.69) is 4.74 Å². The van der Waals surface area contributed by atoms with Crippen molar-refractivity contribution < 1.29 is 57.8 Å². The largest absolute Gasteiger partial charge is 0.460 e. The average Bonchev–Trinajstić information content (AvgIpc) is 2.42. The Morgan fingerprint density at radius 1 is 0.920 bits per heavy atom. The Morgan fingerprint density at radius 2 is 1.44 bits per heavy atom. The molecule has 0 atom stereocenters. The molecule has 13 heteroatoms. The zero-order valence-corrected chi connectivity index (χ0v) is 11.4. The molecule has 0 aromatic heterocycles. The minimum absolute atomic E-state index is 0.153. The Labute approximate surface area is 131 Å². The van der Waals surface area contributed by atoms with E-state index in [0.717, 1.165) is 0 Å². The van der Waals surface area contributed by atoms with E-state index >= 15 is 0 Å². The number of carbonyl (C=O) groups excluding carboxylic acids is 1. The van der Waals surface area contributed by atoms with Crippen molar-refractivity contribution in [2.45, 2.75) is 24.2 Å². The molecular formula is C12H5F11O2. The third kappa shape index (κ3) is 4.31. The van der Waals surface area contributed by atoms with Gasteiger partial charge < -0.3 is 4.74 Å². The van der Waals surface area contributed by atoms with Crippen LogP contribution in [0.1, 0.15) is 15.9 Å². The van der Waals surface area contributed by atoms with E-state index in [0.29, 0.717) is 6.07 Å². The number of halogens is 11. The van der Waals surface area contributed by atoms with Crippen molar-refractivity contribution >= 4 is 5.97 Å². The monoisotopic (exact) mass is 390 g/mol. The van der Waals surface area contributed by atoms with Gasteiger partial charge in [-0.3, -0.25) is 0 Å². The van der Waals surface area contributed by atoms with Gasteiger partial charge in [-0.05, 0) is 18.2 Å². The Balaban J connectivity index is 3.06. The van der Waals surface area contributed by atoms with Gasteiger partial charge in [0.25, 0.3) is 0 Å². The number of hydrogen-bond donors (Lipinski definition) is 0. The van der Waals surface area contributed by atoms with E-state index in [9.17, 15) is 53.1 Å². The topological polar surface area (TPSA) is 26.3 Å². The number of carbonyl (C=O) groups is 1. The first kappa shape index (κ1) is 21.0. The van der Waals surface area contributed by atoms with Gasteiger partial charge in [0, 0.05) is 0 Å². The molecule has 0 saturated carbocycles. The lowest BCUT2D eigenvalue weighted by atomic mass is 10.1. The van der Waals surface area contributed by atoms with Crippen molar-refractivity contribution in [2.75, 3.05) is 6.61 Å². The predicted molar refractivity (Wildman–Crippen MR) is 57.6 cm³/mol. The highest BCUT2D eigenvalue weighted by Crippen LogP contribution is 2.46. The highest BCUT2D eigenvalue weighted by atomic mass is 19.4. The Bertz CT molecular complexity index is 645. The number of hydrogen-bond acceptors (Lipinski definition) is 2. The van der Waals surface area contributed by atoms with Crippen LogP contribution in [-0.2, 0) is 10.9 Å². The first-order valence-electron chi connectivity index (χ1n) is 5.87. The van der Waals surface area contributed by atoms with Crippen LogP contribution in [0, 0.1) is 5.82 Å². The molecule has 1 aromatic carbocycles. The summed E-state index contributed by atoms with van der Waals surface area (Å²) < 4.78 is 141. The molecule has 0 amide bonds. The van der Waals surface area contributed by atoms with Crippen molar-refractivity contribution in [1.82, 2.24) is 0 Å². The van der Waals surface area contributed by atoms with Gasteiger partial charge in [-0.1, -0.05) is 0 Å². The first-order valence-corrected chi connectivity index (χ1v) is 5.87. The molecule has 25 heavy (non-hydrogen) atoms. The zero-order chi connectivity index (χ0) is 19.8. The second-order valence-corrected chi connectivity index (χ2v) is 4.54. The number of rotatable bonds is 4. The maximum atomic E-state index is 12.9. The van der Waals surface area contributed by atoms with Crippen LogP contribution in [0.2, 0.25) is 0 Å². The molecule has 0 aliphatic carbocycles.